The second-order valence-electron chi connectivity index (χ2n) is 5.15. The molecule has 0 bridgehead atoms. The molecule has 5 heteroatoms. The molecule has 1 fully saturated rings. The summed E-state index contributed by atoms with van der Waals surface area (Å²) in [7, 11) is 0. The van der Waals surface area contributed by atoms with Crippen LogP contribution in [0.1, 0.15) is 35.2 Å². The molecule has 1 aromatic rings. The third-order valence-corrected chi connectivity index (χ3v) is 5.35. The zero-order chi connectivity index (χ0) is 14.0. The Balaban J connectivity index is 2.14. The van der Waals surface area contributed by atoms with Crippen molar-refractivity contribution in [3.63, 3.8) is 0 Å². The third-order valence-electron chi connectivity index (χ3n) is 3.93. The van der Waals surface area contributed by atoms with E-state index in [0.717, 1.165) is 17.8 Å². The van der Waals surface area contributed by atoms with Crippen LogP contribution in [0.3, 0.4) is 0 Å². The summed E-state index contributed by atoms with van der Waals surface area (Å²) in [5.74, 6) is -0.979. The lowest BCUT2D eigenvalue weighted by atomic mass is 9.84. The van der Waals surface area contributed by atoms with E-state index in [0.29, 0.717) is 10.4 Å². The summed E-state index contributed by atoms with van der Waals surface area (Å²) >= 11 is 1.89. The number of carbonyl (C=O) groups is 1. The van der Waals surface area contributed by atoms with Crippen LogP contribution in [0.5, 0.6) is 0 Å². The van der Waals surface area contributed by atoms with E-state index in [1.165, 1.54) is 19.3 Å². The van der Waals surface area contributed by atoms with Crippen LogP contribution in [-0.2, 0) is 0 Å². The summed E-state index contributed by atoms with van der Waals surface area (Å²) in [5.41, 5.74) is 7.95. The van der Waals surface area contributed by atoms with Gasteiger partial charge in [0.1, 0.15) is 0 Å². The van der Waals surface area contributed by atoms with Crippen molar-refractivity contribution in [2.24, 2.45) is 0 Å². The Kier molecular flexibility index (Phi) is 3.94. The van der Waals surface area contributed by atoms with Crippen LogP contribution in [0.25, 0.3) is 0 Å². The van der Waals surface area contributed by atoms with Gasteiger partial charge in [0.15, 0.2) is 0 Å². The minimum atomic E-state index is -0.979. The number of nitrogens with one attached hydrogen (secondary N) is 1. The van der Waals surface area contributed by atoms with Gasteiger partial charge in [0, 0.05) is 22.7 Å². The first-order chi connectivity index (χ1) is 8.97. The number of thioether (sulfide) groups is 1. The number of hydrogen-bond donors (Lipinski definition) is 3. The molecule has 1 saturated carbocycles. The van der Waals surface area contributed by atoms with Crippen molar-refractivity contribution in [2.75, 3.05) is 23.9 Å². The van der Waals surface area contributed by atoms with Gasteiger partial charge >= 0.3 is 5.97 Å². The predicted molar refractivity (Wildman–Crippen MR) is 81.1 cm³/mol. The maximum Gasteiger partial charge on any atom is 0.337 e. The molecule has 19 heavy (non-hydrogen) atoms. The monoisotopic (exact) mass is 280 g/mol. The van der Waals surface area contributed by atoms with Crippen molar-refractivity contribution in [3.8, 4) is 0 Å². The molecule has 0 aromatic heterocycles. The molecule has 0 atom stereocenters. The maximum absolute atomic E-state index is 11.1. The van der Waals surface area contributed by atoms with E-state index in [2.05, 4.69) is 11.6 Å². The molecule has 0 unspecified atom stereocenters. The third kappa shape index (κ3) is 2.81. The molecule has 4 nitrogen and oxygen atoms in total. The predicted octanol–water partition coefficient (Wildman–Crippen LogP) is 2.97. The van der Waals surface area contributed by atoms with Gasteiger partial charge in [-0.1, -0.05) is 6.42 Å². The molecular formula is C14H20N2O2S. The molecule has 0 heterocycles. The second kappa shape index (κ2) is 5.33. The molecular weight excluding hydrogens is 260 g/mol. The van der Waals surface area contributed by atoms with Gasteiger partial charge < -0.3 is 16.2 Å². The lowest BCUT2D eigenvalue weighted by Gasteiger charge is -2.40. The number of carboxylic acids is 1. The molecule has 0 amide bonds. The van der Waals surface area contributed by atoms with Gasteiger partial charge in [-0.25, -0.2) is 4.79 Å². The summed E-state index contributed by atoms with van der Waals surface area (Å²) in [6, 6.07) is 3.53. The number of hydrogen-bond acceptors (Lipinski definition) is 4. The summed E-state index contributed by atoms with van der Waals surface area (Å²) in [6.45, 7) is 2.71. The van der Waals surface area contributed by atoms with Gasteiger partial charge in [-0.15, -0.1) is 0 Å². The minimum Gasteiger partial charge on any atom is -0.478 e. The number of carboxylic acid groups (broad SMARTS) is 1. The molecule has 2 rings (SSSR count). The fourth-order valence-electron chi connectivity index (χ4n) is 2.36. The highest BCUT2D eigenvalue weighted by Crippen LogP contribution is 2.42. The van der Waals surface area contributed by atoms with Crippen LogP contribution >= 0.6 is 11.8 Å². The Bertz CT molecular complexity index is 493. The first-order valence-electron chi connectivity index (χ1n) is 6.40. The van der Waals surface area contributed by atoms with Gasteiger partial charge in [-0.3, -0.25) is 0 Å². The van der Waals surface area contributed by atoms with Crippen LogP contribution in [-0.4, -0.2) is 28.6 Å². The second-order valence-corrected chi connectivity index (χ2v) is 6.43. The number of nitrogens with two attached hydrogens (primary N) is 1. The number of aromatic carboxylic acids is 1. The molecule has 0 saturated heterocycles. The highest BCUT2D eigenvalue weighted by atomic mass is 32.2. The standard InChI is InChI=1S/C14H20N2O2S/c1-9-6-10(7-11(12(9)15)13(17)18)16-8-14(19-2)4-3-5-14/h6-7,16H,3-5,8,15H2,1-2H3,(H,17,18). The van der Waals surface area contributed by atoms with Gasteiger partial charge in [-0.05, 0) is 43.7 Å². The van der Waals surface area contributed by atoms with Crippen LogP contribution in [0, 0.1) is 6.92 Å². The zero-order valence-corrected chi connectivity index (χ0v) is 12.1. The largest absolute Gasteiger partial charge is 0.478 e. The Hall–Kier alpha value is -1.36. The fraction of sp³-hybridized carbons (Fsp3) is 0.500. The van der Waals surface area contributed by atoms with E-state index in [4.69, 9.17) is 10.8 Å². The van der Waals surface area contributed by atoms with Crippen LogP contribution < -0.4 is 11.1 Å². The first-order valence-corrected chi connectivity index (χ1v) is 7.62. The van der Waals surface area contributed by atoms with Gasteiger partial charge in [-0.2, -0.15) is 11.8 Å². The highest BCUT2D eigenvalue weighted by molar-refractivity contribution is 8.00. The van der Waals surface area contributed by atoms with Crippen molar-refractivity contribution in [3.05, 3.63) is 23.3 Å². The first kappa shape index (κ1) is 14.1. The van der Waals surface area contributed by atoms with Crippen molar-refractivity contribution in [1.29, 1.82) is 0 Å². The van der Waals surface area contributed by atoms with Crippen LogP contribution in [0.4, 0.5) is 11.4 Å². The lowest BCUT2D eigenvalue weighted by Crippen LogP contribution is -2.40. The van der Waals surface area contributed by atoms with E-state index in [1.807, 2.05) is 24.8 Å². The van der Waals surface area contributed by atoms with Crippen molar-refractivity contribution in [2.45, 2.75) is 30.9 Å². The van der Waals surface area contributed by atoms with Crippen molar-refractivity contribution < 1.29 is 9.90 Å². The normalized spacial score (nSPS) is 16.7. The Morgan fingerprint density at radius 2 is 2.21 bits per heavy atom. The zero-order valence-electron chi connectivity index (χ0n) is 11.3. The maximum atomic E-state index is 11.1. The van der Waals surface area contributed by atoms with Gasteiger partial charge in [0.25, 0.3) is 0 Å². The molecule has 0 spiro atoms. The number of benzene rings is 1. The smallest absolute Gasteiger partial charge is 0.337 e. The summed E-state index contributed by atoms with van der Waals surface area (Å²) in [6.07, 6.45) is 5.86. The fourth-order valence-corrected chi connectivity index (χ4v) is 3.28. The molecule has 0 aliphatic heterocycles. The summed E-state index contributed by atoms with van der Waals surface area (Å²) in [5, 5.41) is 12.5. The lowest BCUT2D eigenvalue weighted by molar-refractivity contribution is 0.0698. The number of rotatable bonds is 5. The molecule has 1 aliphatic rings. The van der Waals surface area contributed by atoms with E-state index < -0.39 is 5.97 Å². The van der Waals surface area contributed by atoms with Crippen molar-refractivity contribution >= 4 is 29.1 Å². The number of aryl methyl sites for hydroxylation is 1. The Labute approximate surface area is 117 Å². The van der Waals surface area contributed by atoms with Gasteiger partial charge in [0.2, 0.25) is 0 Å². The van der Waals surface area contributed by atoms with E-state index in [9.17, 15) is 4.79 Å². The molecule has 104 valence electrons. The van der Waals surface area contributed by atoms with Gasteiger partial charge in [0.05, 0.1) is 5.56 Å². The van der Waals surface area contributed by atoms with E-state index in [-0.39, 0.29) is 5.56 Å². The van der Waals surface area contributed by atoms with Crippen LogP contribution in [0.2, 0.25) is 0 Å². The molecule has 4 N–H and O–H groups in total. The minimum absolute atomic E-state index is 0.175. The Morgan fingerprint density at radius 3 is 2.68 bits per heavy atom. The number of nitrogen functional groups attached to an aromatic ring is 1. The topological polar surface area (TPSA) is 75.3 Å². The summed E-state index contributed by atoms with van der Waals surface area (Å²) in [4.78, 5) is 11.1. The SMILES string of the molecule is CSC1(CNc2cc(C)c(N)c(C(=O)O)c2)CCC1. The Morgan fingerprint density at radius 1 is 1.53 bits per heavy atom. The molecule has 0 radical (unpaired) electrons. The molecule has 1 aliphatic carbocycles. The summed E-state index contributed by atoms with van der Waals surface area (Å²) < 4.78 is 0.318. The van der Waals surface area contributed by atoms with E-state index in [1.54, 1.807) is 6.07 Å². The average Bonchev–Trinajstić information content (AvgIpc) is 2.32. The average molecular weight is 280 g/mol. The van der Waals surface area contributed by atoms with Crippen molar-refractivity contribution in [1.82, 2.24) is 0 Å². The highest BCUT2D eigenvalue weighted by Gasteiger charge is 2.35. The quantitative estimate of drug-likeness (QED) is 0.723. The van der Waals surface area contributed by atoms with Crippen LogP contribution in [0.15, 0.2) is 12.1 Å². The molecule has 1 aromatic carbocycles. The number of anilines is 2. The van der Waals surface area contributed by atoms with E-state index >= 15 is 0 Å².